The van der Waals surface area contributed by atoms with Gasteiger partial charge in [0.25, 0.3) is 5.91 Å². The molecule has 8 nitrogen and oxygen atoms in total. The molecule has 200 valence electrons. The predicted molar refractivity (Wildman–Crippen MR) is 123 cm³/mol. The number of ether oxygens (including phenoxy) is 2. The average Bonchev–Trinajstić information content (AvgIpc) is 3.32. The summed E-state index contributed by atoms with van der Waals surface area (Å²) in [6, 6.07) is 4.98. The van der Waals surface area contributed by atoms with Crippen LogP contribution in [0.25, 0.3) is 0 Å². The number of fused-ring (bicyclic) bond motifs is 4. The summed E-state index contributed by atoms with van der Waals surface area (Å²) < 4.78 is 53.1. The lowest BCUT2D eigenvalue weighted by molar-refractivity contribution is -0.352. The maximum absolute atomic E-state index is 13.2. The monoisotopic (exact) mass is 541 g/mol. The minimum absolute atomic E-state index is 0.153. The normalized spacial score (nSPS) is 34.8. The molecule has 12 heteroatoms. The molecule has 5 aliphatic rings. The second-order valence-corrected chi connectivity index (χ2v) is 11.3. The fraction of sp³-hybridized carbons (Fsp3) is 0.640. The van der Waals surface area contributed by atoms with Crippen molar-refractivity contribution in [1.29, 1.82) is 0 Å². The van der Waals surface area contributed by atoms with Crippen molar-refractivity contribution in [3.8, 4) is 5.75 Å². The van der Waals surface area contributed by atoms with Gasteiger partial charge in [0, 0.05) is 33.9 Å². The van der Waals surface area contributed by atoms with Crippen molar-refractivity contribution in [1.82, 2.24) is 15.5 Å². The van der Waals surface area contributed by atoms with Crippen molar-refractivity contribution in [2.45, 2.75) is 99.3 Å². The molecular formula is C25H27ClF3N3O5. The Morgan fingerprint density at radius 3 is 2.49 bits per heavy atom. The highest BCUT2D eigenvalue weighted by atomic mass is 35.5. The Morgan fingerprint density at radius 1 is 1.11 bits per heavy atom. The van der Waals surface area contributed by atoms with Crippen molar-refractivity contribution in [3.63, 3.8) is 0 Å². The second kappa shape index (κ2) is 8.84. The van der Waals surface area contributed by atoms with Crippen molar-refractivity contribution >= 4 is 17.5 Å². The summed E-state index contributed by atoms with van der Waals surface area (Å²) in [5.74, 6) is 0.910. The number of carbonyl (C=O) groups excluding carboxylic acids is 1. The van der Waals surface area contributed by atoms with Crippen LogP contribution in [0.5, 0.6) is 5.75 Å². The van der Waals surface area contributed by atoms with Crippen LogP contribution < -0.4 is 10.1 Å². The van der Waals surface area contributed by atoms with Crippen LogP contribution in [0.15, 0.2) is 22.6 Å². The van der Waals surface area contributed by atoms with E-state index in [1.807, 2.05) is 0 Å². The molecule has 4 aliphatic carbocycles. The van der Waals surface area contributed by atoms with Gasteiger partial charge in [-0.2, -0.15) is 0 Å². The number of alkyl halides is 3. The quantitative estimate of drug-likeness (QED) is 0.557. The van der Waals surface area contributed by atoms with E-state index in [0.29, 0.717) is 28.1 Å². The fourth-order valence-corrected chi connectivity index (χ4v) is 6.46. The van der Waals surface area contributed by atoms with E-state index in [1.54, 1.807) is 18.2 Å². The number of nitrogens with zero attached hydrogens (tertiary/aromatic N) is 2. The van der Waals surface area contributed by atoms with E-state index < -0.39 is 24.7 Å². The molecule has 1 aromatic heterocycles. The zero-order valence-electron chi connectivity index (χ0n) is 19.9. The Labute approximate surface area is 215 Å². The molecule has 2 atom stereocenters. The number of rotatable bonds is 5. The molecule has 0 spiro atoms. The van der Waals surface area contributed by atoms with Crippen LogP contribution in [0.4, 0.5) is 13.2 Å². The van der Waals surface area contributed by atoms with Gasteiger partial charge in [-0.15, -0.1) is 23.4 Å². The van der Waals surface area contributed by atoms with Crippen molar-refractivity contribution in [2.24, 2.45) is 0 Å². The highest BCUT2D eigenvalue weighted by Gasteiger charge is 2.53. The van der Waals surface area contributed by atoms with Gasteiger partial charge < -0.3 is 19.6 Å². The lowest BCUT2D eigenvalue weighted by atomic mass is 9.57. The molecule has 7 rings (SSSR count). The Kier molecular flexibility index (Phi) is 5.96. The number of aromatic nitrogens is 2. The van der Waals surface area contributed by atoms with Gasteiger partial charge in [-0.05, 0) is 69.6 Å². The van der Waals surface area contributed by atoms with E-state index in [-0.39, 0.29) is 42.0 Å². The maximum Gasteiger partial charge on any atom is 0.522 e. The van der Waals surface area contributed by atoms with Crippen LogP contribution in [-0.4, -0.2) is 45.3 Å². The molecule has 2 heterocycles. The van der Waals surface area contributed by atoms with Crippen LogP contribution in [0.1, 0.15) is 87.2 Å². The van der Waals surface area contributed by atoms with Crippen LogP contribution in [0.3, 0.4) is 0 Å². The highest BCUT2D eigenvalue weighted by Crippen LogP contribution is 2.54. The van der Waals surface area contributed by atoms with E-state index >= 15 is 0 Å². The van der Waals surface area contributed by atoms with Gasteiger partial charge in [-0.25, -0.2) is 0 Å². The summed E-state index contributed by atoms with van der Waals surface area (Å²) in [5.41, 5.74) is -0.0510. The first-order chi connectivity index (χ1) is 17.5. The summed E-state index contributed by atoms with van der Waals surface area (Å²) in [6.45, 7) is 0. The molecule has 1 aromatic carbocycles. The van der Waals surface area contributed by atoms with Gasteiger partial charge in [-0.1, -0.05) is 11.6 Å². The topological polar surface area (TPSA) is 107 Å². The Bertz CT molecular complexity index is 1170. The smallest absolute Gasteiger partial charge is 0.480 e. The third-order valence-corrected chi connectivity index (χ3v) is 8.84. The van der Waals surface area contributed by atoms with Gasteiger partial charge in [0.2, 0.25) is 11.8 Å². The highest BCUT2D eigenvalue weighted by molar-refractivity contribution is 6.30. The number of aliphatic hydroxyl groups is 1. The van der Waals surface area contributed by atoms with E-state index in [0.717, 1.165) is 38.5 Å². The molecule has 37 heavy (non-hydrogen) atoms. The summed E-state index contributed by atoms with van der Waals surface area (Å²) in [6.07, 6.45) is -2.07. The van der Waals surface area contributed by atoms with Crippen molar-refractivity contribution in [2.75, 3.05) is 0 Å². The average molecular weight is 542 g/mol. The fourth-order valence-electron chi connectivity index (χ4n) is 6.28. The molecule has 0 radical (unpaired) electrons. The van der Waals surface area contributed by atoms with Gasteiger partial charge >= 0.3 is 6.36 Å². The molecule has 1 aliphatic heterocycles. The molecule has 2 bridgehead atoms. The minimum atomic E-state index is -4.64. The molecule has 2 aromatic rings. The van der Waals surface area contributed by atoms with Crippen LogP contribution in [0.2, 0.25) is 5.02 Å². The zero-order valence-corrected chi connectivity index (χ0v) is 20.6. The molecule has 4 saturated carbocycles. The van der Waals surface area contributed by atoms with E-state index in [2.05, 4.69) is 20.3 Å². The number of halogens is 4. The van der Waals surface area contributed by atoms with Gasteiger partial charge in [-0.3, -0.25) is 9.53 Å². The zero-order chi connectivity index (χ0) is 26.0. The van der Waals surface area contributed by atoms with Crippen molar-refractivity contribution in [3.05, 3.63) is 40.6 Å². The Hall–Kier alpha value is -2.37. The summed E-state index contributed by atoms with van der Waals surface area (Å²) >= 11 is 6.02. The minimum Gasteiger partial charge on any atom is -0.480 e. The van der Waals surface area contributed by atoms with E-state index in [4.69, 9.17) is 20.8 Å². The standard InChI is InChI=1S/C25H27ClF3N3O5/c26-14-1-2-18-16(11-14)17(33)12-19(35-18)20(34)30-24-6-3-23(4-7-24,5-8-24)22-32-31-21(36-22)13-9-15(10-13)37-25(27,28)29/h1-2,11,13,15,17,19,33H,3-10,12H2,(H,30,34)/t13-,15+,17?,19?,23?,24?. The first kappa shape index (κ1) is 24.9. The van der Waals surface area contributed by atoms with Crippen LogP contribution >= 0.6 is 11.6 Å². The summed E-state index contributed by atoms with van der Waals surface area (Å²) in [7, 11) is 0. The molecule has 2 N–H and O–H groups in total. The SMILES string of the molecule is O=C(NC12CCC(c3nnc([C@H]4C[C@@H](OC(F)(F)F)C4)o3)(CC1)CC2)C1CC(O)c2cc(Cl)ccc2O1. The van der Waals surface area contributed by atoms with Gasteiger partial charge in [0.15, 0.2) is 6.10 Å². The summed E-state index contributed by atoms with van der Waals surface area (Å²) in [5, 5.41) is 22.7. The number of hydrogen-bond donors (Lipinski definition) is 2. The first-order valence-electron chi connectivity index (χ1n) is 12.6. The summed E-state index contributed by atoms with van der Waals surface area (Å²) in [4.78, 5) is 13.2. The number of amides is 1. The molecule has 4 fully saturated rings. The van der Waals surface area contributed by atoms with E-state index in [1.165, 1.54) is 0 Å². The van der Waals surface area contributed by atoms with Crippen LogP contribution in [0, 0.1) is 0 Å². The predicted octanol–water partition coefficient (Wildman–Crippen LogP) is 4.85. The Morgan fingerprint density at radius 2 is 1.81 bits per heavy atom. The van der Waals surface area contributed by atoms with E-state index in [9.17, 15) is 23.1 Å². The number of aliphatic hydroxyl groups excluding tert-OH is 1. The third-order valence-electron chi connectivity index (χ3n) is 8.60. The third kappa shape index (κ3) is 4.70. The lowest BCUT2D eigenvalue weighted by Crippen LogP contribution is -2.60. The van der Waals surface area contributed by atoms with Gasteiger partial charge in [0.1, 0.15) is 5.75 Å². The first-order valence-corrected chi connectivity index (χ1v) is 13.0. The Balaban J connectivity index is 1.06. The number of nitrogens with one attached hydrogen (secondary N) is 1. The maximum atomic E-state index is 13.2. The lowest BCUT2D eigenvalue weighted by Gasteiger charge is -2.52. The van der Waals surface area contributed by atoms with Crippen LogP contribution in [-0.2, 0) is 14.9 Å². The number of benzene rings is 1. The molecule has 0 saturated heterocycles. The molecule has 1 amide bonds. The molecule has 2 unspecified atom stereocenters. The largest absolute Gasteiger partial charge is 0.522 e. The number of hydrogen-bond acceptors (Lipinski definition) is 7. The second-order valence-electron chi connectivity index (χ2n) is 10.9. The van der Waals surface area contributed by atoms with Gasteiger partial charge in [0.05, 0.1) is 12.2 Å². The van der Waals surface area contributed by atoms with Crippen molar-refractivity contribution < 1.29 is 37.0 Å². The number of carbonyl (C=O) groups is 1. The molecular weight excluding hydrogens is 515 g/mol.